The third-order valence-corrected chi connectivity index (χ3v) is 5.59. The number of aryl methyl sites for hydroxylation is 2. The topological polar surface area (TPSA) is 58.4 Å². The number of fused-ring (bicyclic) bond motifs is 1. The second-order valence-electron chi connectivity index (χ2n) is 7.28. The van der Waals surface area contributed by atoms with Gasteiger partial charge >= 0.3 is 0 Å². The summed E-state index contributed by atoms with van der Waals surface area (Å²) in [4.78, 5) is 28.7. The standard InChI is InChI=1S/C20H23FN4O2/c1-23-19(26)13-15-12-14(6-7-17(15)22-23)20(27)25-10-8-24(9-11-25)18-5-3-2-4-16(18)21/h2-5,13-14H,6-12H2,1H3/t14-/m0/s1. The lowest BCUT2D eigenvalue weighted by molar-refractivity contribution is -0.136. The van der Waals surface area contributed by atoms with Gasteiger partial charge in [0, 0.05) is 45.2 Å². The molecule has 1 aromatic heterocycles. The minimum absolute atomic E-state index is 0.105. The number of para-hydroxylation sites is 1. The highest BCUT2D eigenvalue weighted by atomic mass is 19.1. The quantitative estimate of drug-likeness (QED) is 0.801. The van der Waals surface area contributed by atoms with E-state index < -0.39 is 0 Å². The highest BCUT2D eigenvalue weighted by molar-refractivity contribution is 5.80. The molecule has 0 bridgehead atoms. The Morgan fingerprint density at radius 1 is 1.19 bits per heavy atom. The average molecular weight is 370 g/mol. The van der Waals surface area contributed by atoms with Gasteiger partial charge in [0.1, 0.15) is 5.82 Å². The molecule has 1 saturated heterocycles. The Hall–Kier alpha value is -2.70. The molecule has 7 heteroatoms. The lowest BCUT2D eigenvalue weighted by atomic mass is 9.86. The molecule has 1 fully saturated rings. The van der Waals surface area contributed by atoms with E-state index in [4.69, 9.17) is 0 Å². The zero-order valence-corrected chi connectivity index (χ0v) is 15.4. The monoisotopic (exact) mass is 370 g/mol. The van der Waals surface area contributed by atoms with Crippen LogP contribution in [0.25, 0.3) is 0 Å². The van der Waals surface area contributed by atoms with Crippen LogP contribution in [0.15, 0.2) is 35.1 Å². The second kappa shape index (κ2) is 7.13. The molecule has 0 spiro atoms. The second-order valence-corrected chi connectivity index (χ2v) is 7.28. The normalized spacial score (nSPS) is 19.7. The summed E-state index contributed by atoms with van der Waals surface area (Å²) < 4.78 is 15.3. The van der Waals surface area contributed by atoms with Crippen molar-refractivity contribution >= 4 is 11.6 Å². The summed E-state index contributed by atoms with van der Waals surface area (Å²) in [6, 6.07) is 8.36. The first kappa shape index (κ1) is 17.7. The fourth-order valence-corrected chi connectivity index (χ4v) is 4.03. The van der Waals surface area contributed by atoms with Crippen molar-refractivity contribution in [3.05, 3.63) is 57.8 Å². The van der Waals surface area contributed by atoms with Crippen LogP contribution in [0.4, 0.5) is 10.1 Å². The highest BCUT2D eigenvalue weighted by Gasteiger charge is 2.31. The predicted octanol–water partition coefficient (Wildman–Crippen LogP) is 1.37. The van der Waals surface area contributed by atoms with E-state index in [1.165, 1.54) is 10.7 Å². The zero-order chi connectivity index (χ0) is 19.0. The molecule has 0 radical (unpaired) electrons. The highest BCUT2D eigenvalue weighted by Crippen LogP contribution is 2.26. The van der Waals surface area contributed by atoms with Gasteiger partial charge in [0.2, 0.25) is 5.91 Å². The summed E-state index contributed by atoms with van der Waals surface area (Å²) in [6.07, 6.45) is 2.05. The number of piperazine rings is 1. The Kier molecular flexibility index (Phi) is 4.68. The molecule has 0 saturated carbocycles. The lowest BCUT2D eigenvalue weighted by Crippen LogP contribution is -2.51. The van der Waals surface area contributed by atoms with E-state index in [2.05, 4.69) is 5.10 Å². The fourth-order valence-electron chi connectivity index (χ4n) is 4.03. The largest absolute Gasteiger partial charge is 0.366 e. The Morgan fingerprint density at radius 2 is 1.93 bits per heavy atom. The summed E-state index contributed by atoms with van der Waals surface area (Å²) >= 11 is 0. The number of benzene rings is 1. The number of anilines is 1. The van der Waals surface area contributed by atoms with Crippen LogP contribution < -0.4 is 10.5 Å². The van der Waals surface area contributed by atoms with Crippen LogP contribution in [0.3, 0.4) is 0 Å². The Bertz CT molecular complexity index is 918. The summed E-state index contributed by atoms with van der Waals surface area (Å²) in [5.74, 6) is -0.198. The van der Waals surface area contributed by atoms with Gasteiger partial charge in [-0.3, -0.25) is 9.59 Å². The van der Waals surface area contributed by atoms with Crippen LogP contribution >= 0.6 is 0 Å². The Labute approximate surface area is 157 Å². The predicted molar refractivity (Wildman–Crippen MR) is 100 cm³/mol. The number of hydrogen-bond acceptors (Lipinski definition) is 4. The number of carbonyl (C=O) groups is 1. The molecule has 1 atom stereocenters. The van der Waals surface area contributed by atoms with Crippen molar-refractivity contribution in [1.82, 2.24) is 14.7 Å². The van der Waals surface area contributed by atoms with Crippen LogP contribution in [0.1, 0.15) is 17.7 Å². The van der Waals surface area contributed by atoms with Gasteiger partial charge < -0.3 is 9.80 Å². The molecule has 2 aromatic rings. The van der Waals surface area contributed by atoms with E-state index in [9.17, 15) is 14.0 Å². The van der Waals surface area contributed by atoms with E-state index in [0.29, 0.717) is 38.3 Å². The van der Waals surface area contributed by atoms with Crippen molar-refractivity contribution in [2.45, 2.75) is 19.3 Å². The maximum absolute atomic E-state index is 14.0. The van der Waals surface area contributed by atoms with Crippen LogP contribution in [-0.4, -0.2) is 46.8 Å². The van der Waals surface area contributed by atoms with Crippen molar-refractivity contribution in [2.75, 3.05) is 31.1 Å². The third-order valence-electron chi connectivity index (χ3n) is 5.59. The van der Waals surface area contributed by atoms with Gasteiger partial charge in [0.15, 0.2) is 0 Å². The summed E-state index contributed by atoms with van der Waals surface area (Å²) in [5, 5.41) is 4.31. The molecule has 1 amide bonds. The van der Waals surface area contributed by atoms with Crippen LogP contribution in [0.5, 0.6) is 0 Å². The first-order valence-electron chi connectivity index (χ1n) is 9.37. The molecule has 27 heavy (non-hydrogen) atoms. The molecule has 0 unspecified atom stereocenters. The van der Waals surface area contributed by atoms with Crippen LogP contribution in [0, 0.1) is 11.7 Å². The summed E-state index contributed by atoms with van der Waals surface area (Å²) in [5.41, 5.74) is 2.27. The molecule has 2 heterocycles. The Balaban J connectivity index is 1.40. The van der Waals surface area contributed by atoms with E-state index in [1.54, 1.807) is 25.2 Å². The number of hydrogen-bond donors (Lipinski definition) is 0. The molecule has 6 nitrogen and oxygen atoms in total. The van der Waals surface area contributed by atoms with E-state index in [1.807, 2.05) is 15.9 Å². The number of amides is 1. The zero-order valence-electron chi connectivity index (χ0n) is 15.4. The number of nitrogens with zero attached hydrogens (tertiary/aromatic N) is 4. The first-order chi connectivity index (χ1) is 13.0. The average Bonchev–Trinajstić information content (AvgIpc) is 2.68. The third kappa shape index (κ3) is 3.46. The van der Waals surface area contributed by atoms with E-state index in [0.717, 1.165) is 24.1 Å². The summed E-state index contributed by atoms with van der Waals surface area (Å²) in [7, 11) is 1.65. The van der Waals surface area contributed by atoms with Crippen molar-refractivity contribution < 1.29 is 9.18 Å². The van der Waals surface area contributed by atoms with E-state index in [-0.39, 0.29) is 23.2 Å². The number of carbonyl (C=O) groups excluding carboxylic acids is 1. The van der Waals surface area contributed by atoms with Crippen molar-refractivity contribution in [3.8, 4) is 0 Å². The van der Waals surface area contributed by atoms with E-state index >= 15 is 0 Å². The molecule has 1 aliphatic heterocycles. The summed E-state index contributed by atoms with van der Waals surface area (Å²) in [6.45, 7) is 2.42. The molecule has 1 aliphatic carbocycles. The van der Waals surface area contributed by atoms with Gasteiger partial charge in [-0.2, -0.15) is 5.10 Å². The molecule has 1 aromatic carbocycles. The maximum atomic E-state index is 14.0. The van der Waals surface area contributed by atoms with Gasteiger partial charge in [-0.15, -0.1) is 0 Å². The van der Waals surface area contributed by atoms with Crippen LogP contribution in [-0.2, 0) is 24.7 Å². The molecule has 4 rings (SSSR count). The van der Waals surface area contributed by atoms with Crippen molar-refractivity contribution in [1.29, 1.82) is 0 Å². The van der Waals surface area contributed by atoms with Crippen molar-refractivity contribution in [2.24, 2.45) is 13.0 Å². The fraction of sp³-hybridized carbons (Fsp3) is 0.450. The lowest BCUT2D eigenvalue weighted by Gasteiger charge is -2.38. The first-order valence-corrected chi connectivity index (χ1v) is 9.37. The molecule has 2 aliphatic rings. The molecule has 142 valence electrons. The number of aromatic nitrogens is 2. The SMILES string of the molecule is Cn1nc2c(cc1=O)C[C@@H](C(=O)N1CCN(c3ccccc3F)CC1)CC2. The number of halogens is 1. The maximum Gasteiger partial charge on any atom is 0.266 e. The molecular weight excluding hydrogens is 347 g/mol. The van der Waals surface area contributed by atoms with Gasteiger partial charge in [0.05, 0.1) is 11.4 Å². The minimum Gasteiger partial charge on any atom is -0.366 e. The molecule has 0 N–H and O–H groups in total. The van der Waals surface area contributed by atoms with Gasteiger partial charge in [0.25, 0.3) is 5.56 Å². The number of rotatable bonds is 2. The van der Waals surface area contributed by atoms with Crippen molar-refractivity contribution in [3.63, 3.8) is 0 Å². The van der Waals surface area contributed by atoms with Gasteiger partial charge in [-0.1, -0.05) is 12.1 Å². The van der Waals surface area contributed by atoms with Gasteiger partial charge in [-0.05, 0) is 37.0 Å². The van der Waals surface area contributed by atoms with Gasteiger partial charge in [-0.25, -0.2) is 9.07 Å². The minimum atomic E-state index is -0.227. The van der Waals surface area contributed by atoms with Crippen LogP contribution in [0.2, 0.25) is 0 Å². The Morgan fingerprint density at radius 3 is 2.67 bits per heavy atom. The molecular formula is C20H23FN4O2. The smallest absolute Gasteiger partial charge is 0.266 e.